The van der Waals surface area contributed by atoms with E-state index < -0.39 is 0 Å². The molecule has 0 radical (unpaired) electrons. The van der Waals surface area contributed by atoms with Crippen molar-refractivity contribution in [1.29, 1.82) is 0 Å². The fraction of sp³-hybridized carbons (Fsp3) is 0.346. The van der Waals surface area contributed by atoms with Gasteiger partial charge in [0, 0.05) is 36.4 Å². The Hall–Kier alpha value is -2.43. The van der Waals surface area contributed by atoms with Crippen LogP contribution < -0.4 is 0 Å². The van der Waals surface area contributed by atoms with Gasteiger partial charge in [0.05, 0.1) is 11.6 Å². The first kappa shape index (κ1) is 19.5. The van der Waals surface area contributed by atoms with Gasteiger partial charge in [-0.2, -0.15) is 0 Å². The Labute approximate surface area is 183 Å². The zero-order valence-electron chi connectivity index (χ0n) is 17.3. The number of amides is 1. The maximum atomic E-state index is 13.3. The lowest BCUT2D eigenvalue weighted by atomic mass is 9.95. The van der Waals surface area contributed by atoms with Gasteiger partial charge >= 0.3 is 0 Å². The summed E-state index contributed by atoms with van der Waals surface area (Å²) in [6.45, 7) is 3.37. The second-order valence-electron chi connectivity index (χ2n) is 8.31. The number of nitrogens with zero attached hydrogens (tertiary/aromatic N) is 2. The minimum Gasteiger partial charge on any atom is -0.336 e. The van der Waals surface area contributed by atoms with Crippen LogP contribution in [0.1, 0.15) is 50.8 Å². The van der Waals surface area contributed by atoms with Gasteiger partial charge in [-0.3, -0.25) is 9.69 Å². The van der Waals surface area contributed by atoms with E-state index in [1.807, 2.05) is 0 Å². The van der Waals surface area contributed by atoms with E-state index in [0.717, 1.165) is 44.6 Å². The average molecular weight is 417 g/mol. The second kappa shape index (κ2) is 8.75. The fourth-order valence-corrected chi connectivity index (χ4v) is 6.03. The van der Waals surface area contributed by atoms with Crippen molar-refractivity contribution in [3.8, 4) is 0 Å². The summed E-state index contributed by atoms with van der Waals surface area (Å²) < 4.78 is 0. The zero-order valence-corrected chi connectivity index (χ0v) is 18.1. The molecule has 1 amide bonds. The van der Waals surface area contributed by atoms with Gasteiger partial charge < -0.3 is 4.90 Å². The van der Waals surface area contributed by atoms with Crippen LogP contribution in [0.2, 0.25) is 0 Å². The summed E-state index contributed by atoms with van der Waals surface area (Å²) in [5.41, 5.74) is 4.95. The van der Waals surface area contributed by atoms with Crippen LogP contribution in [-0.4, -0.2) is 41.9 Å². The highest BCUT2D eigenvalue weighted by molar-refractivity contribution is 7.10. The Morgan fingerprint density at radius 2 is 1.40 bits per heavy atom. The van der Waals surface area contributed by atoms with Crippen LogP contribution in [0.4, 0.5) is 0 Å². The SMILES string of the molecule is O=C(c1csc2c1CCCC2)N1CCN(C(c2ccccc2)c2ccccc2)CC1. The van der Waals surface area contributed by atoms with E-state index in [0.29, 0.717) is 0 Å². The van der Waals surface area contributed by atoms with E-state index in [4.69, 9.17) is 0 Å². The molecule has 3 aromatic rings. The Bertz CT molecular complexity index is 951. The van der Waals surface area contributed by atoms with Gasteiger partial charge in [0.1, 0.15) is 0 Å². The van der Waals surface area contributed by atoms with E-state index >= 15 is 0 Å². The van der Waals surface area contributed by atoms with E-state index in [1.165, 1.54) is 34.4 Å². The lowest BCUT2D eigenvalue weighted by Crippen LogP contribution is -2.50. The summed E-state index contributed by atoms with van der Waals surface area (Å²) in [4.78, 5) is 19.3. The highest BCUT2D eigenvalue weighted by Gasteiger charge is 2.30. The minimum atomic E-state index is 0.235. The molecule has 0 unspecified atom stereocenters. The molecule has 2 aromatic carbocycles. The van der Waals surface area contributed by atoms with Crippen molar-refractivity contribution in [2.24, 2.45) is 0 Å². The lowest BCUT2D eigenvalue weighted by molar-refractivity contribution is 0.0596. The molecule has 2 heterocycles. The van der Waals surface area contributed by atoms with Crippen molar-refractivity contribution in [2.45, 2.75) is 31.7 Å². The molecule has 2 aliphatic rings. The third kappa shape index (κ3) is 3.82. The molecule has 30 heavy (non-hydrogen) atoms. The summed E-state index contributed by atoms with van der Waals surface area (Å²) in [5.74, 6) is 0.241. The molecule has 0 atom stereocenters. The number of piperazine rings is 1. The van der Waals surface area contributed by atoms with Crippen molar-refractivity contribution in [2.75, 3.05) is 26.2 Å². The molecule has 1 aliphatic carbocycles. The summed E-state index contributed by atoms with van der Waals surface area (Å²) in [6.07, 6.45) is 4.70. The van der Waals surface area contributed by atoms with Crippen LogP contribution in [0.5, 0.6) is 0 Å². The number of aryl methyl sites for hydroxylation is 1. The number of rotatable bonds is 4. The molecule has 1 saturated heterocycles. The number of fused-ring (bicyclic) bond motifs is 1. The number of carbonyl (C=O) groups is 1. The van der Waals surface area contributed by atoms with Crippen LogP contribution in [0.3, 0.4) is 0 Å². The van der Waals surface area contributed by atoms with Crippen molar-refractivity contribution >= 4 is 17.2 Å². The third-order valence-corrected chi connectivity index (χ3v) is 7.58. The molecule has 4 heteroatoms. The molecular formula is C26H28N2OS. The predicted molar refractivity (Wildman–Crippen MR) is 123 cm³/mol. The maximum Gasteiger partial charge on any atom is 0.255 e. The van der Waals surface area contributed by atoms with Crippen molar-refractivity contribution in [3.05, 3.63) is 93.2 Å². The number of thiophene rings is 1. The minimum absolute atomic E-state index is 0.235. The summed E-state index contributed by atoms with van der Waals surface area (Å²) >= 11 is 1.79. The molecular weight excluding hydrogens is 388 g/mol. The van der Waals surface area contributed by atoms with Gasteiger partial charge in [-0.05, 0) is 42.4 Å². The monoisotopic (exact) mass is 416 g/mol. The molecule has 5 rings (SSSR count). The molecule has 154 valence electrons. The first-order chi connectivity index (χ1) is 14.8. The van der Waals surface area contributed by atoms with Gasteiger partial charge in [0.25, 0.3) is 5.91 Å². The smallest absolute Gasteiger partial charge is 0.255 e. The molecule has 1 aliphatic heterocycles. The second-order valence-corrected chi connectivity index (χ2v) is 9.27. The topological polar surface area (TPSA) is 23.6 Å². The number of hydrogen-bond acceptors (Lipinski definition) is 3. The molecule has 1 aromatic heterocycles. The number of benzene rings is 2. The predicted octanol–water partition coefficient (Wildman–Crippen LogP) is 5.17. The molecule has 0 bridgehead atoms. The van der Waals surface area contributed by atoms with Crippen LogP contribution >= 0.6 is 11.3 Å². The van der Waals surface area contributed by atoms with E-state index in [2.05, 4.69) is 75.8 Å². The van der Waals surface area contributed by atoms with Gasteiger partial charge in [0.15, 0.2) is 0 Å². The summed E-state index contributed by atoms with van der Waals surface area (Å²) in [7, 11) is 0. The Morgan fingerprint density at radius 1 is 0.800 bits per heavy atom. The summed E-state index contributed by atoms with van der Waals surface area (Å²) in [5, 5.41) is 2.11. The molecule has 0 saturated carbocycles. The van der Waals surface area contributed by atoms with Crippen LogP contribution in [0, 0.1) is 0 Å². The average Bonchev–Trinajstić information content (AvgIpc) is 3.25. The highest BCUT2D eigenvalue weighted by Crippen LogP contribution is 2.32. The van der Waals surface area contributed by atoms with Crippen LogP contribution in [0.25, 0.3) is 0 Å². The first-order valence-corrected chi connectivity index (χ1v) is 11.9. The first-order valence-electron chi connectivity index (χ1n) is 11.0. The van der Waals surface area contributed by atoms with E-state index in [9.17, 15) is 4.79 Å². The fourth-order valence-electron chi connectivity index (χ4n) is 4.91. The summed E-state index contributed by atoms with van der Waals surface area (Å²) in [6, 6.07) is 21.7. The van der Waals surface area contributed by atoms with Crippen molar-refractivity contribution in [1.82, 2.24) is 9.80 Å². The van der Waals surface area contributed by atoms with Crippen molar-refractivity contribution in [3.63, 3.8) is 0 Å². The van der Waals surface area contributed by atoms with Crippen LogP contribution in [-0.2, 0) is 12.8 Å². The molecule has 0 spiro atoms. The van der Waals surface area contributed by atoms with Gasteiger partial charge in [-0.15, -0.1) is 11.3 Å². The van der Waals surface area contributed by atoms with Gasteiger partial charge in [-0.25, -0.2) is 0 Å². The normalized spacial score (nSPS) is 17.2. The van der Waals surface area contributed by atoms with E-state index in [1.54, 1.807) is 11.3 Å². The van der Waals surface area contributed by atoms with Crippen LogP contribution in [0.15, 0.2) is 66.0 Å². The third-order valence-electron chi connectivity index (χ3n) is 6.49. The van der Waals surface area contributed by atoms with E-state index in [-0.39, 0.29) is 11.9 Å². The number of hydrogen-bond donors (Lipinski definition) is 0. The molecule has 1 fully saturated rings. The standard InChI is InChI=1S/C26H28N2OS/c29-26(23-19-30-24-14-8-7-13-22(23)24)28-17-15-27(16-18-28)25(20-9-3-1-4-10-20)21-11-5-2-6-12-21/h1-6,9-12,19,25H,7-8,13-18H2. The molecule has 3 nitrogen and oxygen atoms in total. The van der Waals surface area contributed by atoms with Gasteiger partial charge in [-0.1, -0.05) is 60.7 Å². The molecule has 0 N–H and O–H groups in total. The largest absolute Gasteiger partial charge is 0.336 e. The number of carbonyl (C=O) groups excluding carboxylic acids is 1. The maximum absolute atomic E-state index is 13.3. The quantitative estimate of drug-likeness (QED) is 0.585. The van der Waals surface area contributed by atoms with Crippen molar-refractivity contribution < 1.29 is 4.79 Å². The Morgan fingerprint density at radius 3 is 2.03 bits per heavy atom. The highest BCUT2D eigenvalue weighted by atomic mass is 32.1. The lowest BCUT2D eigenvalue weighted by Gasteiger charge is -2.40. The zero-order chi connectivity index (χ0) is 20.3. The van der Waals surface area contributed by atoms with Gasteiger partial charge in [0.2, 0.25) is 0 Å². The Kier molecular flexibility index (Phi) is 5.69. The Balaban J connectivity index is 1.33.